The Kier molecular flexibility index (Phi) is 2.60. The van der Waals surface area contributed by atoms with Crippen molar-refractivity contribution in [1.82, 2.24) is 4.98 Å². The first-order chi connectivity index (χ1) is 9.92. The standard InChI is InChI=1S/C18H14BN/c1-2-7-13(8-3-1)19-15-10-6-12-17-18(15)14-9-4-5-11-16(14)20-17/h1-12,19-20H. The summed E-state index contributed by atoms with van der Waals surface area (Å²) < 4.78 is 0. The van der Waals surface area contributed by atoms with Crippen LogP contribution >= 0.6 is 0 Å². The molecule has 1 aromatic heterocycles. The molecule has 3 aromatic carbocycles. The number of rotatable bonds is 2. The zero-order valence-electron chi connectivity index (χ0n) is 11.1. The number of nitrogens with one attached hydrogen (secondary N) is 1. The monoisotopic (exact) mass is 255 g/mol. The van der Waals surface area contributed by atoms with Crippen LogP contribution < -0.4 is 10.9 Å². The van der Waals surface area contributed by atoms with E-state index in [0.29, 0.717) is 0 Å². The summed E-state index contributed by atoms with van der Waals surface area (Å²) in [5, 5.41) is 2.67. The highest BCUT2D eigenvalue weighted by molar-refractivity contribution is 6.70. The Labute approximate surface area is 118 Å². The normalized spacial score (nSPS) is 11.0. The highest BCUT2D eigenvalue weighted by Gasteiger charge is 2.09. The van der Waals surface area contributed by atoms with Gasteiger partial charge >= 0.3 is 0 Å². The molecule has 0 amide bonds. The average Bonchev–Trinajstić information content (AvgIpc) is 2.88. The zero-order chi connectivity index (χ0) is 13.4. The molecule has 0 saturated carbocycles. The summed E-state index contributed by atoms with van der Waals surface area (Å²) in [5.74, 6) is 0. The minimum atomic E-state index is 0.972. The van der Waals surface area contributed by atoms with Crippen LogP contribution in [0.4, 0.5) is 0 Å². The fraction of sp³-hybridized carbons (Fsp3) is 0. The lowest BCUT2D eigenvalue weighted by Gasteiger charge is -2.03. The van der Waals surface area contributed by atoms with E-state index >= 15 is 0 Å². The van der Waals surface area contributed by atoms with Gasteiger partial charge in [0.15, 0.2) is 7.28 Å². The molecule has 2 heteroatoms. The molecule has 0 aliphatic heterocycles. The number of hydrogen-bond acceptors (Lipinski definition) is 0. The van der Waals surface area contributed by atoms with E-state index in [2.05, 4.69) is 77.8 Å². The molecule has 94 valence electrons. The van der Waals surface area contributed by atoms with Crippen molar-refractivity contribution in [1.29, 1.82) is 0 Å². The van der Waals surface area contributed by atoms with Crippen LogP contribution in [0.1, 0.15) is 0 Å². The lowest BCUT2D eigenvalue weighted by atomic mass is 9.63. The van der Waals surface area contributed by atoms with Crippen molar-refractivity contribution in [2.24, 2.45) is 0 Å². The van der Waals surface area contributed by atoms with Gasteiger partial charge in [0, 0.05) is 21.8 Å². The largest absolute Gasteiger partial charge is 0.355 e. The summed E-state index contributed by atoms with van der Waals surface area (Å²) in [6.07, 6.45) is 0. The third-order valence-electron chi connectivity index (χ3n) is 3.85. The summed E-state index contributed by atoms with van der Waals surface area (Å²) in [7, 11) is 0.972. The van der Waals surface area contributed by atoms with E-state index in [-0.39, 0.29) is 0 Å². The van der Waals surface area contributed by atoms with Crippen LogP contribution in [0.5, 0.6) is 0 Å². The Balaban J connectivity index is 1.95. The van der Waals surface area contributed by atoms with Crippen LogP contribution in [0.15, 0.2) is 72.8 Å². The zero-order valence-corrected chi connectivity index (χ0v) is 11.1. The van der Waals surface area contributed by atoms with Gasteiger partial charge in [0.1, 0.15) is 0 Å². The maximum Gasteiger partial charge on any atom is 0.193 e. The first kappa shape index (κ1) is 11.4. The van der Waals surface area contributed by atoms with E-state index in [0.717, 1.165) is 7.28 Å². The van der Waals surface area contributed by atoms with Gasteiger partial charge in [-0.1, -0.05) is 71.6 Å². The lowest BCUT2D eigenvalue weighted by Crippen LogP contribution is -2.27. The number of hydrogen-bond donors (Lipinski definition) is 1. The molecule has 4 rings (SSSR count). The van der Waals surface area contributed by atoms with Crippen LogP contribution in [0.25, 0.3) is 21.8 Å². The van der Waals surface area contributed by atoms with E-state index in [1.807, 2.05) is 0 Å². The molecule has 1 nitrogen and oxygen atoms in total. The molecule has 0 aliphatic rings. The van der Waals surface area contributed by atoms with Gasteiger partial charge in [-0.25, -0.2) is 0 Å². The first-order valence-electron chi connectivity index (χ1n) is 6.94. The summed E-state index contributed by atoms with van der Waals surface area (Å²) in [4.78, 5) is 3.50. The molecule has 0 aliphatic carbocycles. The molecule has 1 heterocycles. The van der Waals surface area contributed by atoms with Gasteiger partial charge in [-0.15, -0.1) is 0 Å². The number of para-hydroxylation sites is 1. The minimum Gasteiger partial charge on any atom is -0.355 e. The number of aromatic amines is 1. The molecule has 0 bridgehead atoms. The van der Waals surface area contributed by atoms with Crippen LogP contribution in [0.2, 0.25) is 0 Å². The SMILES string of the molecule is B(c1ccccc1)c1cccc2[nH]c3ccccc3c12. The van der Waals surface area contributed by atoms with E-state index in [9.17, 15) is 0 Å². The second-order valence-corrected chi connectivity index (χ2v) is 5.17. The molecular weight excluding hydrogens is 241 g/mol. The third-order valence-corrected chi connectivity index (χ3v) is 3.85. The molecule has 0 radical (unpaired) electrons. The van der Waals surface area contributed by atoms with Crippen LogP contribution in [-0.4, -0.2) is 12.3 Å². The Bertz CT molecular complexity index is 878. The number of fused-ring (bicyclic) bond motifs is 3. The van der Waals surface area contributed by atoms with Gasteiger partial charge in [0.2, 0.25) is 0 Å². The van der Waals surface area contributed by atoms with Crippen molar-refractivity contribution in [2.45, 2.75) is 0 Å². The summed E-state index contributed by atoms with van der Waals surface area (Å²) >= 11 is 0. The minimum absolute atomic E-state index is 0.972. The van der Waals surface area contributed by atoms with E-state index in [1.54, 1.807) is 0 Å². The second-order valence-electron chi connectivity index (χ2n) is 5.17. The molecule has 0 saturated heterocycles. The van der Waals surface area contributed by atoms with Crippen molar-refractivity contribution in [2.75, 3.05) is 0 Å². The Morgan fingerprint density at radius 3 is 2.30 bits per heavy atom. The number of benzene rings is 3. The fourth-order valence-corrected chi connectivity index (χ4v) is 2.94. The number of aromatic nitrogens is 1. The van der Waals surface area contributed by atoms with Crippen LogP contribution in [0.3, 0.4) is 0 Å². The van der Waals surface area contributed by atoms with Gasteiger partial charge in [-0.2, -0.15) is 0 Å². The first-order valence-corrected chi connectivity index (χ1v) is 6.94. The Hall–Kier alpha value is -2.48. The summed E-state index contributed by atoms with van der Waals surface area (Å²) in [6.45, 7) is 0. The quantitative estimate of drug-likeness (QED) is 0.530. The lowest BCUT2D eigenvalue weighted by molar-refractivity contribution is 1.55. The van der Waals surface area contributed by atoms with Gasteiger partial charge in [0.25, 0.3) is 0 Å². The molecule has 0 fully saturated rings. The van der Waals surface area contributed by atoms with Gasteiger partial charge in [-0.05, 0) is 12.1 Å². The topological polar surface area (TPSA) is 15.8 Å². The van der Waals surface area contributed by atoms with Crippen molar-refractivity contribution in [3.8, 4) is 0 Å². The van der Waals surface area contributed by atoms with Crippen LogP contribution in [-0.2, 0) is 0 Å². The summed E-state index contributed by atoms with van der Waals surface area (Å²) in [6, 6.07) is 25.7. The maximum absolute atomic E-state index is 3.50. The Morgan fingerprint density at radius 2 is 1.40 bits per heavy atom. The van der Waals surface area contributed by atoms with Gasteiger partial charge in [0.05, 0.1) is 0 Å². The summed E-state index contributed by atoms with van der Waals surface area (Å²) in [5.41, 5.74) is 5.17. The maximum atomic E-state index is 3.50. The predicted molar refractivity (Wildman–Crippen MR) is 88.7 cm³/mol. The van der Waals surface area contributed by atoms with Gasteiger partial charge < -0.3 is 4.98 Å². The predicted octanol–water partition coefficient (Wildman–Crippen LogP) is 2.71. The second kappa shape index (κ2) is 4.57. The van der Waals surface area contributed by atoms with Crippen LogP contribution in [0, 0.1) is 0 Å². The third kappa shape index (κ3) is 1.81. The average molecular weight is 255 g/mol. The Morgan fingerprint density at radius 1 is 0.650 bits per heavy atom. The molecule has 1 N–H and O–H groups in total. The van der Waals surface area contributed by atoms with Crippen molar-refractivity contribution < 1.29 is 0 Å². The van der Waals surface area contributed by atoms with Crippen molar-refractivity contribution in [3.05, 3.63) is 72.8 Å². The molecule has 0 unspecified atom stereocenters. The smallest absolute Gasteiger partial charge is 0.193 e. The number of H-pyrrole nitrogens is 1. The van der Waals surface area contributed by atoms with Gasteiger partial charge in [-0.3, -0.25) is 0 Å². The molecule has 0 atom stereocenters. The highest BCUT2D eigenvalue weighted by atomic mass is 14.7. The highest BCUT2D eigenvalue weighted by Crippen LogP contribution is 2.23. The molecular formula is C18H14BN. The van der Waals surface area contributed by atoms with E-state index in [4.69, 9.17) is 0 Å². The van der Waals surface area contributed by atoms with Crippen molar-refractivity contribution >= 4 is 40.0 Å². The van der Waals surface area contributed by atoms with E-state index in [1.165, 1.54) is 32.7 Å². The fourth-order valence-electron chi connectivity index (χ4n) is 2.94. The molecule has 0 spiro atoms. The molecule has 20 heavy (non-hydrogen) atoms. The molecule has 4 aromatic rings. The van der Waals surface area contributed by atoms with Crippen molar-refractivity contribution in [3.63, 3.8) is 0 Å². The van der Waals surface area contributed by atoms with E-state index < -0.39 is 0 Å².